The fourth-order valence-electron chi connectivity index (χ4n) is 1.78. The molecular weight excluding hydrogens is 216 g/mol. The van der Waals surface area contributed by atoms with E-state index in [1.165, 1.54) is 0 Å². The summed E-state index contributed by atoms with van der Waals surface area (Å²) in [5, 5.41) is 0. The van der Waals surface area contributed by atoms with Crippen LogP contribution in [0.2, 0.25) is 0 Å². The van der Waals surface area contributed by atoms with Gasteiger partial charge in [-0.25, -0.2) is 0 Å². The van der Waals surface area contributed by atoms with Gasteiger partial charge in [-0.05, 0) is 38.8 Å². The zero-order valence-electron chi connectivity index (χ0n) is 10.7. The molecule has 3 nitrogen and oxygen atoms in total. The lowest BCUT2D eigenvalue weighted by Crippen LogP contribution is -2.16. The number of hydrogen-bond acceptors (Lipinski definition) is 3. The first-order valence-electron chi connectivity index (χ1n) is 5.70. The van der Waals surface area contributed by atoms with Gasteiger partial charge in [0.2, 0.25) is 0 Å². The summed E-state index contributed by atoms with van der Waals surface area (Å²) in [7, 11) is 0. The minimum atomic E-state index is -0.465. The Labute approximate surface area is 102 Å². The van der Waals surface area contributed by atoms with E-state index in [1.807, 2.05) is 32.0 Å². The highest BCUT2D eigenvalue weighted by atomic mass is 16.5. The fourth-order valence-corrected chi connectivity index (χ4v) is 1.78. The van der Waals surface area contributed by atoms with E-state index in [2.05, 4.69) is 0 Å². The summed E-state index contributed by atoms with van der Waals surface area (Å²) in [6, 6.07) is 5.63. The molecule has 0 aliphatic heterocycles. The van der Waals surface area contributed by atoms with Gasteiger partial charge in [0.25, 0.3) is 0 Å². The molecule has 0 radical (unpaired) electrons. The molecule has 3 heteroatoms. The molecule has 0 heterocycles. The SMILES string of the molecule is Cc1cccc(C)c1C(=O)CC(=O)OC(C)C. The third kappa shape index (κ3) is 3.70. The number of carbonyl (C=O) groups excluding carboxylic acids is 2. The van der Waals surface area contributed by atoms with Crippen LogP contribution in [-0.4, -0.2) is 17.9 Å². The Kier molecular flexibility index (Phi) is 4.44. The molecule has 0 N–H and O–H groups in total. The van der Waals surface area contributed by atoms with Crippen molar-refractivity contribution in [3.05, 3.63) is 34.9 Å². The molecule has 0 fully saturated rings. The van der Waals surface area contributed by atoms with Crippen molar-refractivity contribution in [1.82, 2.24) is 0 Å². The Morgan fingerprint density at radius 1 is 1.18 bits per heavy atom. The van der Waals surface area contributed by atoms with Crippen LogP contribution >= 0.6 is 0 Å². The Balaban J connectivity index is 2.80. The van der Waals surface area contributed by atoms with Gasteiger partial charge in [-0.1, -0.05) is 18.2 Å². The molecule has 0 saturated carbocycles. The summed E-state index contributed by atoms with van der Waals surface area (Å²) < 4.78 is 4.96. The Morgan fingerprint density at radius 2 is 1.71 bits per heavy atom. The quantitative estimate of drug-likeness (QED) is 0.457. The maximum absolute atomic E-state index is 12.0. The first kappa shape index (κ1) is 13.4. The highest BCUT2D eigenvalue weighted by Gasteiger charge is 2.17. The number of carbonyl (C=O) groups is 2. The molecule has 0 spiro atoms. The fraction of sp³-hybridized carbons (Fsp3) is 0.429. The van der Waals surface area contributed by atoms with Crippen molar-refractivity contribution in [1.29, 1.82) is 0 Å². The van der Waals surface area contributed by atoms with Crippen LogP contribution in [0, 0.1) is 13.8 Å². The molecule has 0 unspecified atom stereocenters. The van der Waals surface area contributed by atoms with Crippen molar-refractivity contribution < 1.29 is 14.3 Å². The third-order valence-electron chi connectivity index (χ3n) is 2.43. The van der Waals surface area contributed by atoms with E-state index in [9.17, 15) is 9.59 Å². The van der Waals surface area contributed by atoms with E-state index in [0.29, 0.717) is 5.56 Å². The maximum Gasteiger partial charge on any atom is 0.313 e. The van der Waals surface area contributed by atoms with Crippen LogP contribution in [0.4, 0.5) is 0 Å². The molecule has 0 aromatic heterocycles. The lowest BCUT2D eigenvalue weighted by molar-refractivity contribution is -0.146. The van der Waals surface area contributed by atoms with Gasteiger partial charge in [0.05, 0.1) is 6.10 Å². The van der Waals surface area contributed by atoms with E-state index in [-0.39, 0.29) is 18.3 Å². The predicted molar refractivity (Wildman–Crippen MR) is 66.1 cm³/mol. The number of hydrogen-bond donors (Lipinski definition) is 0. The Bertz CT molecular complexity index is 413. The van der Waals surface area contributed by atoms with Crippen LogP contribution in [0.1, 0.15) is 41.8 Å². The van der Waals surface area contributed by atoms with E-state index in [1.54, 1.807) is 13.8 Å². The van der Waals surface area contributed by atoms with E-state index in [0.717, 1.165) is 11.1 Å². The molecule has 17 heavy (non-hydrogen) atoms. The molecule has 0 amide bonds. The number of rotatable bonds is 4. The summed E-state index contributed by atoms with van der Waals surface area (Å²) in [6.07, 6.45) is -0.377. The molecule has 1 aromatic carbocycles. The highest BCUT2D eigenvalue weighted by molar-refractivity contribution is 6.07. The number of Topliss-reactive ketones (excluding diaryl/α,β-unsaturated/α-hetero) is 1. The number of ketones is 1. The number of benzene rings is 1. The van der Waals surface area contributed by atoms with Crippen LogP contribution in [-0.2, 0) is 9.53 Å². The lowest BCUT2D eigenvalue weighted by Gasteiger charge is -2.10. The van der Waals surface area contributed by atoms with Crippen molar-refractivity contribution in [2.24, 2.45) is 0 Å². The zero-order valence-corrected chi connectivity index (χ0v) is 10.7. The average molecular weight is 234 g/mol. The normalized spacial score (nSPS) is 10.4. The van der Waals surface area contributed by atoms with Gasteiger partial charge in [0.15, 0.2) is 5.78 Å². The standard InChI is InChI=1S/C14H18O3/c1-9(2)17-13(16)8-12(15)14-10(3)6-5-7-11(14)4/h5-7,9H,8H2,1-4H3. The van der Waals surface area contributed by atoms with Crippen LogP contribution < -0.4 is 0 Å². The van der Waals surface area contributed by atoms with Gasteiger partial charge in [0.1, 0.15) is 6.42 Å². The van der Waals surface area contributed by atoms with Crippen molar-refractivity contribution in [2.45, 2.75) is 40.2 Å². The molecule has 0 bridgehead atoms. The summed E-state index contributed by atoms with van der Waals surface area (Å²) in [5.74, 6) is -0.640. The molecule has 1 aromatic rings. The van der Waals surface area contributed by atoms with Crippen LogP contribution in [0.15, 0.2) is 18.2 Å². The maximum atomic E-state index is 12.0. The van der Waals surface area contributed by atoms with Crippen LogP contribution in [0.5, 0.6) is 0 Å². The molecule has 0 atom stereocenters. The predicted octanol–water partition coefficient (Wildman–Crippen LogP) is 2.83. The number of aryl methyl sites for hydroxylation is 2. The Morgan fingerprint density at radius 3 is 2.18 bits per heavy atom. The van der Waals surface area contributed by atoms with E-state index >= 15 is 0 Å². The largest absolute Gasteiger partial charge is 0.463 e. The van der Waals surface area contributed by atoms with Crippen molar-refractivity contribution >= 4 is 11.8 Å². The zero-order chi connectivity index (χ0) is 13.0. The summed E-state index contributed by atoms with van der Waals surface area (Å²) >= 11 is 0. The molecule has 0 saturated heterocycles. The van der Waals surface area contributed by atoms with Gasteiger partial charge in [-0.15, -0.1) is 0 Å². The second kappa shape index (κ2) is 5.62. The van der Waals surface area contributed by atoms with Gasteiger partial charge in [0, 0.05) is 5.56 Å². The van der Waals surface area contributed by atoms with Gasteiger partial charge >= 0.3 is 5.97 Å². The van der Waals surface area contributed by atoms with Crippen molar-refractivity contribution in [3.8, 4) is 0 Å². The van der Waals surface area contributed by atoms with Crippen LogP contribution in [0.25, 0.3) is 0 Å². The van der Waals surface area contributed by atoms with Gasteiger partial charge in [-0.3, -0.25) is 9.59 Å². The van der Waals surface area contributed by atoms with E-state index < -0.39 is 5.97 Å². The van der Waals surface area contributed by atoms with Gasteiger partial charge < -0.3 is 4.74 Å². The Hall–Kier alpha value is -1.64. The van der Waals surface area contributed by atoms with Crippen molar-refractivity contribution in [3.63, 3.8) is 0 Å². The minimum absolute atomic E-state index is 0.175. The highest BCUT2D eigenvalue weighted by Crippen LogP contribution is 2.15. The second-order valence-electron chi connectivity index (χ2n) is 4.41. The van der Waals surface area contributed by atoms with Crippen LogP contribution in [0.3, 0.4) is 0 Å². The monoisotopic (exact) mass is 234 g/mol. The summed E-state index contributed by atoms with van der Waals surface area (Å²) in [5.41, 5.74) is 2.42. The summed E-state index contributed by atoms with van der Waals surface area (Å²) in [4.78, 5) is 23.4. The number of ether oxygens (including phenoxy) is 1. The second-order valence-corrected chi connectivity index (χ2v) is 4.41. The molecule has 1 rings (SSSR count). The average Bonchev–Trinajstić information content (AvgIpc) is 2.15. The topological polar surface area (TPSA) is 43.4 Å². The summed E-state index contributed by atoms with van der Waals surface area (Å²) in [6.45, 7) is 7.27. The molecule has 0 aliphatic carbocycles. The third-order valence-corrected chi connectivity index (χ3v) is 2.43. The lowest BCUT2D eigenvalue weighted by atomic mass is 9.97. The number of esters is 1. The molecular formula is C14H18O3. The van der Waals surface area contributed by atoms with Gasteiger partial charge in [-0.2, -0.15) is 0 Å². The first-order chi connectivity index (χ1) is 7.91. The van der Waals surface area contributed by atoms with Crippen molar-refractivity contribution in [2.75, 3.05) is 0 Å². The van der Waals surface area contributed by atoms with E-state index in [4.69, 9.17) is 4.74 Å². The molecule has 92 valence electrons. The molecule has 0 aliphatic rings. The smallest absolute Gasteiger partial charge is 0.313 e. The first-order valence-corrected chi connectivity index (χ1v) is 5.70. The minimum Gasteiger partial charge on any atom is -0.463 e.